The van der Waals surface area contributed by atoms with Crippen molar-refractivity contribution < 1.29 is 19.8 Å². The van der Waals surface area contributed by atoms with Crippen molar-refractivity contribution in [3.63, 3.8) is 0 Å². The minimum absolute atomic E-state index is 0.0168. The molecule has 0 aromatic rings. The molecule has 1 fully saturated rings. The van der Waals surface area contributed by atoms with Crippen molar-refractivity contribution in [2.24, 2.45) is 5.92 Å². The maximum Gasteiger partial charge on any atom is 0.332 e. The normalized spacial score (nSPS) is 25.3. The molecule has 1 aliphatic rings. The third-order valence-corrected chi connectivity index (χ3v) is 3.17. The second-order valence-electron chi connectivity index (χ2n) is 4.56. The summed E-state index contributed by atoms with van der Waals surface area (Å²) in [6, 6.07) is -0.0827. The van der Waals surface area contributed by atoms with E-state index in [0.717, 1.165) is 19.3 Å². The topological polar surface area (TPSA) is 98.7 Å². The number of amides is 2. The number of nitrogens with one attached hydrogen (secondary N) is 2. The lowest BCUT2D eigenvalue weighted by atomic mass is 10.1. The van der Waals surface area contributed by atoms with E-state index in [-0.39, 0.29) is 25.0 Å². The molecule has 6 nitrogen and oxygen atoms in total. The minimum atomic E-state index is -1.42. The van der Waals surface area contributed by atoms with Crippen LogP contribution in [0.5, 0.6) is 0 Å². The number of aliphatic hydroxyl groups is 1. The van der Waals surface area contributed by atoms with Crippen molar-refractivity contribution in [2.45, 2.75) is 44.8 Å². The number of rotatable bonds is 5. The summed E-state index contributed by atoms with van der Waals surface area (Å²) in [5.74, 6) is -0.776. The smallest absolute Gasteiger partial charge is 0.332 e. The van der Waals surface area contributed by atoms with Crippen LogP contribution in [-0.4, -0.2) is 40.9 Å². The van der Waals surface area contributed by atoms with E-state index in [0.29, 0.717) is 5.92 Å². The van der Waals surface area contributed by atoms with Crippen LogP contribution >= 0.6 is 0 Å². The first-order valence-corrected chi connectivity index (χ1v) is 5.96. The molecule has 0 radical (unpaired) electrons. The molecule has 0 aromatic carbocycles. The highest BCUT2D eigenvalue weighted by molar-refractivity contribution is 5.74. The number of hydrogen-bond acceptors (Lipinski definition) is 3. The predicted molar refractivity (Wildman–Crippen MR) is 61.6 cm³/mol. The molecule has 2 unspecified atom stereocenters. The number of carbonyl (C=O) groups is 2. The fraction of sp³-hybridized carbons (Fsp3) is 0.818. The van der Waals surface area contributed by atoms with Gasteiger partial charge < -0.3 is 20.8 Å². The molecule has 0 aliphatic heterocycles. The van der Waals surface area contributed by atoms with Gasteiger partial charge in [0.05, 0.1) is 0 Å². The quantitative estimate of drug-likeness (QED) is 0.559. The second kappa shape index (κ2) is 6.44. The van der Waals surface area contributed by atoms with E-state index in [9.17, 15) is 9.59 Å². The van der Waals surface area contributed by atoms with Crippen LogP contribution in [-0.2, 0) is 4.79 Å². The van der Waals surface area contributed by atoms with Crippen LogP contribution in [0.3, 0.4) is 0 Å². The van der Waals surface area contributed by atoms with Crippen molar-refractivity contribution in [1.82, 2.24) is 10.6 Å². The number of carboxylic acid groups (broad SMARTS) is 1. The van der Waals surface area contributed by atoms with E-state index in [1.807, 2.05) is 0 Å². The maximum absolute atomic E-state index is 11.4. The summed E-state index contributed by atoms with van der Waals surface area (Å²) in [6.45, 7) is 2.26. The fourth-order valence-corrected chi connectivity index (χ4v) is 2.03. The van der Waals surface area contributed by atoms with Crippen LogP contribution in [0.4, 0.5) is 4.79 Å². The first-order valence-electron chi connectivity index (χ1n) is 5.96. The van der Waals surface area contributed by atoms with E-state index in [4.69, 9.17) is 10.2 Å². The van der Waals surface area contributed by atoms with Crippen LogP contribution < -0.4 is 10.6 Å². The molecular formula is C11H20N2O4. The summed E-state index contributed by atoms with van der Waals surface area (Å²) < 4.78 is 0. The number of urea groups is 1. The molecular weight excluding hydrogens is 224 g/mol. The zero-order valence-electron chi connectivity index (χ0n) is 9.98. The summed E-state index contributed by atoms with van der Waals surface area (Å²) in [5, 5.41) is 22.8. The molecule has 98 valence electrons. The molecule has 6 heteroatoms. The number of hydrogen-bond donors (Lipinski definition) is 4. The lowest BCUT2D eigenvalue weighted by Gasteiger charge is -2.17. The molecule has 1 rings (SSSR count). The van der Waals surface area contributed by atoms with Crippen LogP contribution in [0.15, 0.2) is 0 Å². The average molecular weight is 244 g/mol. The first kappa shape index (κ1) is 13.8. The molecule has 0 spiro atoms. The monoisotopic (exact) mass is 244 g/mol. The summed E-state index contributed by atoms with van der Waals surface area (Å²) in [6.07, 6.45) is 1.85. The molecule has 1 saturated carbocycles. The van der Waals surface area contributed by atoms with Gasteiger partial charge in [-0.1, -0.05) is 13.3 Å². The lowest BCUT2D eigenvalue weighted by molar-refractivity contribution is -0.146. The average Bonchev–Trinajstić information content (AvgIpc) is 2.64. The summed E-state index contributed by atoms with van der Waals surface area (Å²) in [4.78, 5) is 21.8. The Hall–Kier alpha value is -1.30. The summed E-state index contributed by atoms with van der Waals surface area (Å²) >= 11 is 0. The van der Waals surface area contributed by atoms with Gasteiger partial charge in [-0.05, 0) is 18.8 Å². The number of carbonyl (C=O) groups excluding carboxylic acids is 1. The van der Waals surface area contributed by atoms with Crippen LogP contribution in [0.1, 0.15) is 32.6 Å². The van der Waals surface area contributed by atoms with Crippen LogP contribution in [0.25, 0.3) is 0 Å². The van der Waals surface area contributed by atoms with Gasteiger partial charge in [-0.25, -0.2) is 9.59 Å². The van der Waals surface area contributed by atoms with Gasteiger partial charge in [-0.15, -0.1) is 0 Å². The minimum Gasteiger partial charge on any atom is -0.479 e. The Bertz CT molecular complexity index is 283. The van der Waals surface area contributed by atoms with Gasteiger partial charge >= 0.3 is 12.0 Å². The van der Waals surface area contributed by atoms with E-state index in [1.165, 1.54) is 0 Å². The molecule has 0 heterocycles. The first-order chi connectivity index (χ1) is 8.00. The van der Waals surface area contributed by atoms with Crippen LogP contribution in [0.2, 0.25) is 0 Å². The Morgan fingerprint density at radius 3 is 2.65 bits per heavy atom. The molecule has 3 atom stereocenters. The number of aliphatic carboxylic acids is 1. The third-order valence-electron chi connectivity index (χ3n) is 3.17. The largest absolute Gasteiger partial charge is 0.479 e. The van der Waals surface area contributed by atoms with Crippen molar-refractivity contribution >= 4 is 12.0 Å². The molecule has 4 N–H and O–H groups in total. The maximum atomic E-state index is 11.4. The van der Waals surface area contributed by atoms with Gasteiger partial charge in [0.15, 0.2) is 6.10 Å². The highest BCUT2D eigenvalue weighted by Gasteiger charge is 2.24. The Kier molecular flexibility index (Phi) is 5.21. The summed E-state index contributed by atoms with van der Waals surface area (Å²) in [7, 11) is 0. The van der Waals surface area contributed by atoms with Gasteiger partial charge in [0, 0.05) is 19.0 Å². The Balaban J connectivity index is 2.15. The Morgan fingerprint density at radius 2 is 2.12 bits per heavy atom. The predicted octanol–water partition coefficient (Wildman–Crippen LogP) is 0.310. The summed E-state index contributed by atoms with van der Waals surface area (Å²) in [5.41, 5.74) is 0. The van der Waals surface area contributed by atoms with Crippen LogP contribution in [0, 0.1) is 5.92 Å². The number of aliphatic hydroxyl groups excluding tert-OH is 1. The molecule has 1 aliphatic carbocycles. The highest BCUT2D eigenvalue weighted by atomic mass is 16.4. The van der Waals surface area contributed by atoms with Crippen molar-refractivity contribution in [3.05, 3.63) is 0 Å². The fourth-order valence-electron chi connectivity index (χ4n) is 2.03. The molecule has 0 aromatic heterocycles. The SMILES string of the molecule is CC1CCCC1NC(=O)NCC[C@H](O)C(=O)O. The van der Waals surface area contributed by atoms with Crippen molar-refractivity contribution in [3.8, 4) is 0 Å². The third kappa shape index (κ3) is 4.60. The zero-order chi connectivity index (χ0) is 12.8. The van der Waals surface area contributed by atoms with E-state index in [2.05, 4.69) is 17.6 Å². The van der Waals surface area contributed by atoms with Gasteiger partial charge in [0.25, 0.3) is 0 Å². The molecule has 2 amide bonds. The van der Waals surface area contributed by atoms with Gasteiger partial charge in [0.2, 0.25) is 0 Å². The molecule has 0 bridgehead atoms. The second-order valence-corrected chi connectivity index (χ2v) is 4.56. The van der Waals surface area contributed by atoms with E-state index in [1.54, 1.807) is 0 Å². The van der Waals surface area contributed by atoms with Crippen molar-refractivity contribution in [1.29, 1.82) is 0 Å². The van der Waals surface area contributed by atoms with E-state index >= 15 is 0 Å². The number of carboxylic acids is 1. The Morgan fingerprint density at radius 1 is 1.41 bits per heavy atom. The molecule has 17 heavy (non-hydrogen) atoms. The van der Waals surface area contributed by atoms with Crippen molar-refractivity contribution in [2.75, 3.05) is 6.54 Å². The standard InChI is InChI=1S/C11H20N2O4/c1-7-3-2-4-8(7)13-11(17)12-6-5-9(14)10(15)16/h7-9,14H,2-6H2,1H3,(H,15,16)(H2,12,13,17)/t7?,8?,9-/m0/s1. The Labute approximate surface area is 100 Å². The van der Waals surface area contributed by atoms with E-state index < -0.39 is 12.1 Å². The van der Waals surface area contributed by atoms with Gasteiger partial charge in [-0.2, -0.15) is 0 Å². The van der Waals surface area contributed by atoms with Gasteiger partial charge in [0.1, 0.15) is 0 Å². The zero-order valence-corrected chi connectivity index (χ0v) is 9.98. The molecule has 0 saturated heterocycles. The highest BCUT2D eigenvalue weighted by Crippen LogP contribution is 2.24. The van der Waals surface area contributed by atoms with Gasteiger partial charge in [-0.3, -0.25) is 0 Å². The lowest BCUT2D eigenvalue weighted by Crippen LogP contribution is -2.44.